The average Bonchev–Trinajstić information content (AvgIpc) is 3.39. The first kappa shape index (κ1) is 26.7. The molecule has 10 heteroatoms. The van der Waals surface area contributed by atoms with Gasteiger partial charge in [-0.05, 0) is 51.8 Å². The fraction of sp³-hybridized carbons (Fsp3) is 0.556. The highest BCUT2D eigenvalue weighted by molar-refractivity contribution is 6.01. The van der Waals surface area contributed by atoms with Crippen LogP contribution in [0, 0.1) is 5.41 Å². The first-order valence-electron chi connectivity index (χ1n) is 12.8. The summed E-state index contributed by atoms with van der Waals surface area (Å²) in [5, 5.41) is 6.15. The summed E-state index contributed by atoms with van der Waals surface area (Å²) in [6, 6.07) is 5.40. The number of nitrogens with one attached hydrogen (secondary N) is 2. The number of aromatic nitrogens is 2. The van der Waals surface area contributed by atoms with Gasteiger partial charge in [0.05, 0.1) is 31.0 Å². The van der Waals surface area contributed by atoms with Crippen LogP contribution in [0.1, 0.15) is 56.8 Å². The Kier molecular flexibility index (Phi) is 7.87. The number of amides is 2. The van der Waals surface area contributed by atoms with Crippen LogP contribution in [0.5, 0.6) is 5.75 Å². The van der Waals surface area contributed by atoms with Crippen LogP contribution in [-0.2, 0) is 9.53 Å². The molecule has 0 radical (unpaired) electrons. The molecular weight excluding hydrogens is 472 g/mol. The van der Waals surface area contributed by atoms with E-state index in [9.17, 15) is 9.59 Å². The van der Waals surface area contributed by atoms with Crippen molar-refractivity contribution in [3.63, 3.8) is 0 Å². The summed E-state index contributed by atoms with van der Waals surface area (Å²) in [4.78, 5) is 39.2. The van der Waals surface area contributed by atoms with Crippen molar-refractivity contribution in [3.05, 3.63) is 30.0 Å². The lowest BCUT2D eigenvalue weighted by molar-refractivity contribution is -0.125. The van der Waals surface area contributed by atoms with E-state index in [1.54, 1.807) is 50.6 Å². The Morgan fingerprint density at radius 3 is 2.65 bits per heavy atom. The summed E-state index contributed by atoms with van der Waals surface area (Å²) < 4.78 is 10.7. The van der Waals surface area contributed by atoms with E-state index < -0.39 is 5.41 Å². The lowest BCUT2D eigenvalue weighted by atomic mass is 9.91. The van der Waals surface area contributed by atoms with Gasteiger partial charge in [0, 0.05) is 38.3 Å². The normalized spacial score (nSPS) is 18.3. The zero-order valence-electron chi connectivity index (χ0n) is 22.6. The summed E-state index contributed by atoms with van der Waals surface area (Å²) in [6.45, 7) is 6.88. The van der Waals surface area contributed by atoms with Crippen molar-refractivity contribution in [2.75, 3.05) is 49.5 Å². The van der Waals surface area contributed by atoms with Crippen LogP contribution in [0.25, 0.3) is 0 Å². The van der Waals surface area contributed by atoms with Crippen molar-refractivity contribution in [1.82, 2.24) is 15.3 Å². The van der Waals surface area contributed by atoms with Gasteiger partial charge in [-0.3, -0.25) is 9.59 Å². The summed E-state index contributed by atoms with van der Waals surface area (Å²) in [5.74, 6) is 1.48. The highest BCUT2D eigenvalue weighted by Crippen LogP contribution is 2.40. The second-order valence-electron chi connectivity index (χ2n) is 10.6. The van der Waals surface area contributed by atoms with Gasteiger partial charge in [-0.15, -0.1) is 0 Å². The molecule has 1 fully saturated rings. The molecule has 2 N–H and O–H groups in total. The Morgan fingerprint density at radius 1 is 1.24 bits per heavy atom. The maximum atomic E-state index is 13.2. The van der Waals surface area contributed by atoms with Crippen molar-refractivity contribution in [2.24, 2.45) is 5.41 Å². The third kappa shape index (κ3) is 5.64. The van der Waals surface area contributed by atoms with Gasteiger partial charge in [0.15, 0.2) is 5.82 Å². The van der Waals surface area contributed by atoms with Crippen molar-refractivity contribution < 1.29 is 19.1 Å². The summed E-state index contributed by atoms with van der Waals surface area (Å²) in [5.41, 5.74) is 1.27. The molecule has 1 aromatic heterocycles. The Bertz CT molecular complexity index is 1150. The minimum Gasteiger partial charge on any atom is -0.495 e. The molecule has 1 atom stereocenters. The Hall–Kier alpha value is -3.40. The third-order valence-electron chi connectivity index (χ3n) is 7.10. The zero-order chi connectivity index (χ0) is 26.7. The fourth-order valence-corrected chi connectivity index (χ4v) is 5.18. The zero-order valence-corrected chi connectivity index (χ0v) is 22.6. The minimum atomic E-state index is -0.550. The van der Waals surface area contributed by atoms with Crippen molar-refractivity contribution in [2.45, 2.75) is 58.5 Å². The third-order valence-corrected chi connectivity index (χ3v) is 7.10. The summed E-state index contributed by atoms with van der Waals surface area (Å²) in [6.07, 6.45) is 6.23. The van der Waals surface area contributed by atoms with E-state index in [2.05, 4.69) is 20.5 Å². The van der Waals surface area contributed by atoms with E-state index in [1.807, 2.05) is 20.8 Å². The van der Waals surface area contributed by atoms with Crippen LogP contribution in [0.2, 0.25) is 0 Å². The summed E-state index contributed by atoms with van der Waals surface area (Å²) in [7, 11) is 4.94. The number of hydrogen-bond acceptors (Lipinski definition) is 8. The van der Waals surface area contributed by atoms with Crippen LogP contribution in [0.3, 0.4) is 0 Å². The van der Waals surface area contributed by atoms with Crippen LogP contribution in [-0.4, -0.2) is 68.3 Å². The number of carbonyl (C=O) groups is 2. The Morgan fingerprint density at radius 2 is 1.97 bits per heavy atom. The number of benzene rings is 1. The maximum absolute atomic E-state index is 13.2. The van der Waals surface area contributed by atoms with Gasteiger partial charge in [0.25, 0.3) is 5.91 Å². The first-order chi connectivity index (χ1) is 17.6. The number of ether oxygens (including phenoxy) is 2. The SMILES string of the molecule is COCC(C)NC(=O)c1ccc(Nc2ncc3c(n2)N(C2CCCC2)CC(C)(C)C(=O)N3C)c(OC)c1. The van der Waals surface area contributed by atoms with Crippen molar-refractivity contribution in [3.8, 4) is 5.75 Å². The molecule has 10 nitrogen and oxygen atoms in total. The number of hydrogen-bond donors (Lipinski definition) is 2. The van der Waals surface area contributed by atoms with Crippen LogP contribution in [0.15, 0.2) is 24.4 Å². The molecule has 4 rings (SSSR count). The molecule has 1 aliphatic carbocycles. The van der Waals surface area contributed by atoms with Crippen molar-refractivity contribution >= 4 is 35.0 Å². The molecular formula is C27H38N6O4. The van der Waals surface area contributed by atoms with E-state index in [-0.39, 0.29) is 17.9 Å². The lowest BCUT2D eigenvalue weighted by Crippen LogP contribution is -2.45. The number of fused-ring (bicyclic) bond motifs is 1. The first-order valence-corrected chi connectivity index (χ1v) is 12.8. The molecule has 2 heterocycles. The second kappa shape index (κ2) is 10.9. The molecule has 2 aromatic rings. The number of carbonyl (C=O) groups excluding carboxylic acids is 2. The molecule has 200 valence electrons. The van der Waals surface area contributed by atoms with E-state index in [0.717, 1.165) is 18.7 Å². The second-order valence-corrected chi connectivity index (χ2v) is 10.6. The van der Waals surface area contributed by atoms with Gasteiger partial charge in [0.1, 0.15) is 11.4 Å². The molecule has 1 saturated carbocycles. The standard InChI is InChI=1S/C27H38N6O4/c1-17(15-36-5)29-24(34)18-11-12-20(22(13-18)37-6)30-26-28-14-21-23(31-26)33(19-9-7-8-10-19)16-27(2,3)25(35)32(21)4/h11-14,17,19H,7-10,15-16H2,1-6H3,(H,29,34)(H,28,30,31). The Balaban J connectivity index is 1.63. The van der Waals surface area contributed by atoms with Gasteiger partial charge >= 0.3 is 0 Å². The highest BCUT2D eigenvalue weighted by atomic mass is 16.5. The average molecular weight is 511 g/mol. The largest absolute Gasteiger partial charge is 0.495 e. The minimum absolute atomic E-state index is 0.0499. The quantitative estimate of drug-likeness (QED) is 0.553. The lowest BCUT2D eigenvalue weighted by Gasteiger charge is -2.34. The smallest absolute Gasteiger partial charge is 0.251 e. The van der Waals surface area contributed by atoms with Gasteiger partial charge < -0.3 is 29.9 Å². The van der Waals surface area contributed by atoms with Gasteiger partial charge in [-0.1, -0.05) is 12.8 Å². The molecule has 0 saturated heterocycles. The number of nitrogens with zero attached hydrogens (tertiary/aromatic N) is 4. The van der Waals surface area contributed by atoms with Crippen LogP contribution in [0.4, 0.5) is 23.1 Å². The molecule has 2 aliphatic rings. The topological polar surface area (TPSA) is 109 Å². The predicted octanol–water partition coefficient (Wildman–Crippen LogP) is 3.75. The van der Waals surface area contributed by atoms with Crippen LogP contribution >= 0.6 is 0 Å². The highest BCUT2D eigenvalue weighted by Gasteiger charge is 2.41. The van der Waals surface area contributed by atoms with Crippen molar-refractivity contribution in [1.29, 1.82) is 0 Å². The fourth-order valence-electron chi connectivity index (χ4n) is 5.18. The molecule has 37 heavy (non-hydrogen) atoms. The van der Waals surface area contributed by atoms with Gasteiger partial charge in [0.2, 0.25) is 11.9 Å². The molecule has 2 amide bonds. The maximum Gasteiger partial charge on any atom is 0.251 e. The van der Waals surface area contributed by atoms with Gasteiger partial charge in [-0.2, -0.15) is 4.98 Å². The molecule has 1 aliphatic heterocycles. The van der Waals surface area contributed by atoms with E-state index in [0.29, 0.717) is 47.8 Å². The molecule has 0 bridgehead atoms. The predicted molar refractivity (Wildman–Crippen MR) is 144 cm³/mol. The molecule has 1 aromatic carbocycles. The summed E-state index contributed by atoms with van der Waals surface area (Å²) >= 11 is 0. The number of rotatable bonds is 8. The van der Waals surface area contributed by atoms with E-state index >= 15 is 0 Å². The molecule has 1 unspecified atom stereocenters. The Labute approximate surface area is 218 Å². The van der Waals surface area contributed by atoms with E-state index in [4.69, 9.17) is 14.5 Å². The van der Waals surface area contributed by atoms with E-state index in [1.165, 1.54) is 12.8 Å². The monoisotopic (exact) mass is 510 g/mol. The number of methoxy groups -OCH3 is 2. The van der Waals surface area contributed by atoms with Gasteiger partial charge in [-0.25, -0.2) is 4.98 Å². The van der Waals surface area contributed by atoms with Crippen LogP contribution < -0.4 is 25.2 Å². The molecule has 0 spiro atoms. The number of anilines is 4.